The van der Waals surface area contributed by atoms with E-state index in [2.05, 4.69) is 29.2 Å². The Morgan fingerprint density at radius 3 is 2.70 bits per heavy atom. The summed E-state index contributed by atoms with van der Waals surface area (Å²) < 4.78 is 5.93. The van der Waals surface area contributed by atoms with Crippen LogP contribution in [0.2, 0.25) is 0 Å². The highest BCUT2D eigenvalue weighted by atomic mass is 16.5. The normalized spacial score (nSPS) is 25.3. The van der Waals surface area contributed by atoms with Gasteiger partial charge in [-0.05, 0) is 25.0 Å². The quantitative estimate of drug-likeness (QED) is 0.797. The summed E-state index contributed by atoms with van der Waals surface area (Å²) in [5.74, 6) is 0. The number of amides is 2. The predicted octanol–water partition coefficient (Wildman–Crippen LogP) is 2.29. The lowest BCUT2D eigenvalue weighted by atomic mass is 9.80. The van der Waals surface area contributed by atoms with E-state index in [-0.39, 0.29) is 11.4 Å². The van der Waals surface area contributed by atoms with E-state index in [1.165, 1.54) is 5.69 Å². The van der Waals surface area contributed by atoms with Crippen LogP contribution in [0.5, 0.6) is 0 Å². The van der Waals surface area contributed by atoms with Crippen LogP contribution in [0, 0.1) is 5.41 Å². The second kappa shape index (κ2) is 6.79. The molecule has 5 heteroatoms. The molecule has 3 rings (SSSR count). The highest BCUT2D eigenvalue weighted by Crippen LogP contribution is 2.34. The van der Waals surface area contributed by atoms with Crippen LogP contribution in [0.3, 0.4) is 0 Å². The average Bonchev–Trinajstić information content (AvgIpc) is 2.77. The number of likely N-dealkylation sites (tertiary alicyclic amines) is 1. The fourth-order valence-electron chi connectivity index (χ4n) is 3.75. The van der Waals surface area contributed by atoms with Gasteiger partial charge in [0.15, 0.2) is 0 Å². The van der Waals surface area contributed by atoms with Crippen LogP contribution in [0.25, 0.3) is 0 Å². The number of carbonyl (C=O) groups excluding carboxylic acids is 1. The third kappa shape index (κ3) is 3.61. The van der Waals surface area contributed by atoms with E-state index in [4.69, 9.17) is 4.74 Å². The van der Waals surface area contributed by atoms with Crippen molar-refractivity contribution in [3.05, 3.63) is 30.3 Å². The minimum absolute atomic E-state index is 0.0380. The minimum atomic E-state index is 0.0380. The first-order valence-electron chi connectivity index (χ1n) is 8.44. The summed E-state index contributed by atoms with van der Waals surface area (Å²) >= 11 is 0. The molecule has 2 amide bonds. The number of ether oxygens (including phenoxy) is 1. The Kier molecular flexibility index (Phi) is 4.76. The fraction of sp³-hybridized carbons (Fsp3) is 0.611. The Hall–Kier alpha value is -1.75. The number of anilines is 1. The lowest BCUT2D eigenvalue weighted by molar-refractivity contribution is 0.0210. The summed E-state index contributed by atoms with van der Waals surface area (Å²) in [4.78, 5) is 18.4. The van der Waals surface area contributed by atoms with Crippen molar-refractivity contribution in [2.75, 3.05) is 58.4 Å². The first-order valence-corrected chi connectivity index (χ1v) is 8.44. The molecule has 0 aliphatic carbocycles. The molecule has 1 atom stereocenters. The van der Waals surface area contributed by atoms with Crippen molar-refractivity contribution in [2.45, 2.75) is 12.8 Å². The zero-order valence-corrected chi connectivity index (χ0v) is 14.2. The molecule has 23 heavy (non-hydrogen) atoms. The summed E-state index contributed by atoms with van der Waals surface area (Å²) in [6.07, 6.45) is 2.17. The van der Waals surface area contributed by atoms with Crippen molar-refractivity contribution in [3.63, 3.8) is 0 Å². The molecule has 0 bridgehead atoms. The van der Waals surface area contributed by atoms with Gasteiger partial charge in [0.25, 0.3) is 0 Å². The molecule has 0 N–H and O–H groups in total. The van der Waals surface area contributed by atoms with Crippen LogP contribution in [0.15, 0.2) is 30.3 Å². The highest BCUT2D eigenvalue weighted by Gasteiger charge is 2.40. The molecule has 5 nitrogen and oxygen atoms in total. The molecule has 0 unspecified atom stereocenters. The van der Waals surface area contributed by atoms with Gasteiger partial charge in [0, 0.05) is 51.4 Å². The van der Waals surface area contributed by atoms with Gasteiger partial charge in [-0.15, -0.1) is 0 Å². The number of hydrogen-bond donors (Lipinski definition) is 0. The number of para-hydroxylation sites is 1. The lowest BCUT2D eigenvalue weighted by Crippen LogP contribution is -2.54. The second-order valence-electron chi connectivity index (χ2n) is 7.01. The topological polar surface area (TPSA) is 36.0 Å². The molecule has 1 aromatic carbocycles. The molecule has 0 radical (unpaired) electrons. The summed E-state index contributed by atoms with van der Waals surface area (Å²) in [5.41, 5.74) is 1.28. The number of nitrogens with zero attached hydrogens (tertiary/aromatic N) is 3. The Morgan fingerprint density at radius 1 is 1.17 bits per heavy atom. The van der Waals surface area contributed by atoms with Crippen molar-refractivity contribution in [2.24, 2.45) is 5.41 Å². The third-order valence-electron chi connectivity index (χ3n) is 4.88. The molecule has 1 spiro atoms. The van der Waals surface area contributed by atoms with Gasteiger partial charge in [-0.25, -0.2) is 4.79 Å². The van der Waals surface area contributed by atoms with Gasteiger partial charge in [-0.3, -0.25) is 0 Å². The zero-order valence-electron chi connectivity index (χ0n) is 14.2. The molecule has 1 aromatic rings. The first kappa shape index (κ1) is 16.1. The zero-order chi connectivity index (χ0) is 16.3. The molecule has 2 saturated heterocycles. The predicted molar refractivity (Wildman–Crippen MR) is 91.8 cm³/mol. The maximum atomic E-state index is 12.4. The molecule has 0 saturated carbocycles. The summed E-state index contributed by atoms with van der Waals surface area (Å²) in [6.45, 7) is 4.99. The van der Waals surface area contributed by atoms with Crippen molar-refractivity contribution >= 4 is 11.7 Å². The number of urea groups is 1. The van der Waals surface area contributed by atoms with Crippen molar-refractivity contribution in [1.29, 1.82) is 0 Å². The van der Waals surface area contributed by atoms with E-state index >= 15 is 0 Å². The highest BCUT2D eigenvalue weighted by molar-refractivity contribution is 5.74. The minimum Gasteiger partial charge on any atom is -0.379 e. The summed E-state index contributed by atoms with van der Waals surface area (Å²) in [5, 5.41) is 0. The lowest BCUT2D eigenvalue weighted by Gasteiger charge is -2.44. The van der Waals surface area contributed by atoms with Gasteiger partial charge >= 0.3 is 6.03 Å². The molecule has 126 valence electrons. The SMILES string of the molecule is CN(C)C(=O)N1CCC[C@]2(COCCN(c3ccccc3)C2)C1. The maximum absolute atomic E-state index is 12.4. The van der Waals surface area contributed by atoms with E-state index in [1.54, 1.807) is 4.90 Å². The Morgan fingerprint density at radius 2 is 1.96 bits per heavy atom. The van der Waals surface area contributed by atoms with Crippen LogP contribution >= 0.6 is 0 Å². The monoisotopic (exact) mass is 317 g/mol. The standard InChI is InChI=1S/C18H27N3O2/c1-19(2)17(22)21-10-6-9-18(14-21)13-20(11-12-23-15-18)16-7-4-3-5-8-16/h3-5,7-8H,6,9-15H2,1-2H3/t18-/m1/s1. The Balaban J connectivity index is 1.77. The summed E-state index contributed by atoms with van der Waals surface area (Å²) in [6, 6.07) is 10.6. The molecule has 2 fully saturated rings. The van der Waals surface area contributed by atoms with Gasteiger partial charge in [0.05, 0.1) is 13.2 Å². The largest absolute Gasteiger partial charge is 0.379 e. The van der Waals surface area contributed by atoms with Crippen LogP contribution in [-0.2, 0) is 4.74 Å². The number of carbonyl (C=O) groups is 1. The van der Waals surface area contributed by atoms with Gasteiger partial charge in [-0.2, -0.15) is 0 Å². The van der Waals surface area contributed by atoms with Gasteiger partial charge in [0.1, 0.15) is 0 Å². The molecule has 0 aromatic heterocycles. The van der Waals surface area contributed by atoms with Crippen molar-refractivity contribution < 1.29 is 9.53 Å². The third-order valence-corrected chi connectivity index (χ3v) is 4.88. The Labute approximate surface area is 138 Å². The van der Waals surface area contributed by atoms with E-state index < -0.39 is 0 Å². The average molecular weight is 317 g/mol. The number of hydrogen-bond acceptors (Lipinski definition) is 3. The summed E-state index contributed by atoms with van der Waals surface area (Å²) in [7, 11) is 3.65. The van der Waals surface area contributed by atoms with E-state index in [0.29, 0.717) is 0 Å². The van der Waals surface area contributed by atoms with Crippen molar-refractivity contribution in [1.82, 2.24) is 9.80 Å². The maximum Gasteiger partial charge on any atom is 0.319 e. The van der Waals surface area contributed by atoms with E-state index in [9.17, 15) is 4.79 Å². The van der Waals surface area contributed by atoms with Crippen molar-refractivity contribution in [3.8, 4) is 0 Å². The smallest absolute Gasteiger partial charge is 0.319 e. The van der Waals surface area contributed by atoms with E-state index in [0.717, 1.165) is 52.2 Å². The fourth-order valence-corrected chi connectivity index (χ4v) is 3.75. The number of rotatable bonds is 1. The van der Waals surface area contributed by atoms with Crippen LogP contribution in [-0.4, -0.2) is 69.3 Å². The number of benzene rings is 1. The van der Waals surface area contributed by atoms with Crippen LogP contribution < -0.4 is 4.90 Å². The second-order valence-corrected chi connectivity index (χ2v) is 7.01. The Bertz CT molecular complexity index is 534. The van der Waals surface area contributed by atoms with Gasteiger partial charge < -0.3 is 19.4 Å². The van der Waals surface area contributed by atoms with Crippen LogP contribution in [0.4, 0.5) is 10.5 Å². The number of piperidine rings is 1. The van der Waals surface area contributed by atoms with Gasteiger partial charge in [0.2, 0.25) is 0 Å². The molecule has 2 aliphatic rings. The van der Waals surface area contributed by atoms with E-state index in [1.807, 2.05) is 25.1 Å². The molecule has 2 aliphatic heterocycles. The molecular formula is C18H27N3O2. The van der Waals surface area contributed by atoms with Crippen LogP contribution in [0.1, 0.15) is 12.8 Å². The molecule has 2 heterocycles. The van der Waals surface area contributed by atoms with Gasteiger partial charge in [-0.1, -0.05) is 18.2 Å². The molecular weight excluding hydrogens is 290 g/mol. The first-order chi connectivity index (χ1) is 11.1.